The summed E-state index contributed by atoms with van der Waals surface area (Å²) in [6.45, 7) is 13.5. The third kappa shape index (κ3) is 53.5. The molecule has 0 fully saturated rings. The Labute approximate surface area is 451 Å². The molecule has 0 aromatic heterocycles. The number of carbonyl (C=O) groups is 2. The first-order valence-electron chi connectivity index (χ1n) is 29.2. The summed E-state index contributed by atoms with van der Waals surface area (Å²) in [5, 5.41) is 9.39. The van der Waals surface area contributed by atoms with Crippen LogP contribution in [0, 0.1) is 0 Å². The molecule has 0 saturated carbocycles. The first-order chi connectivity index (χ1) is 34.5. The molecular weight excluding hydrogens is 943 g/mol. The maximum Gasteiger partial charge on any atom is 0.305 e. The van der Waals surface area contributed by atoms with Gasteiger partial charge in [0.25, 0.3) is 0 Å². The summed E-state index contributed by atoms with van der Waals surface area (Å²) in [4.78, 5) is 28.0. The van der Waals surface area contributed by atoms with Crippen LogP contribution in [0.3, 0.4) is 0 Å². The quantitative estimate of drug-likeness (QED) is 0.0275. The zero-order valence-electron chi connectivity index (χ0n) is 46.0. The standard InChI is InChI=1S/C60H111NO5S4/c1-5-9-13-17-21-29-39-53-67-59(68-54-40-30-22-18-14-10-6-2)45-43-57(63)65-51-37-27-25-33-47-61(49-35-36-50-62)48-34-26-28-38-52-66-58(64)44-46-60(69-55-41-31-23-19-15-11-7-3)70-56-42-32-24-20-16-12-8-4/h29-32,39-42,59-60,62H,5-28,33-38,43-56H2,1-4H3/b39-29-,40-30-,41-31-,42-32-. The van der Waals surface area contributed by atoms with E-state index < -0.39 is 0 Å². The first kappa shape index (κ1) is 69.2. The van der Waals surface area contributed by atoms with Gasteiger partial charge in [0.1, 0.15) is 0 Å². The summed E-state index contributed by atoms with van der Waals surface area (Å²) in [5.74, 6) is 3.93. The van der Waals surface area contributed by atoms with E-state index in [2.05, 4.69) is 81.2 Å². The molecule has 0 atom stereocenters. The molecule has 0 amide bonds. The molecular formula is C60H111NO5S4. The van der Waals surface area contributed by atoms with Crippen LogP contribution in [-0.4, -0.2) is 93.6 Å². The highest BCUT2D eigenvalue weighted by Gasteiger charge is 2.14. The predicted molar refractivity (Wildman–Crippen MR) is 319 cm³/mol. The molecule has 0 heterocycles. The van der Waals surface area contributed by atoms with Crippen LogP contribution in [-0.2, 0) is 19.1 Å². The monoisotopic (exact) mass is 1050 g/mol. The van der Waals surface area contributed by atoms with Crippen molar-refractivity contribution in [1.82, 2.24) is 4.90 Å². The minimum Gasteiger partial charge on any atom is -0.466 e. The molecule has 6 nitrogen and oxygen atoms in total. The van der Waals surface area contributed by atoms with E-state index in [4.69, 9.17) is 9.47 Å². The van der Waals surface area contributed by atoms with Gasteiger partial charge in [-0.1, -0.05) is 179 Å². The van der Waals surface area contributed by atoms with Crippen molar-refractivity contribution < 1.29 is 24.2 Å². The molecule has 0 spiro atoms. The lowest BCUT2D eigenvalue weighted by atomic mass is 10.1. The van der Waals surface area contributed by atoms with E-state index in [0.29, 0.717) is 35.2 Å². The molecule has 70 heavy (non-hydrogen) atoms. The SMILES string of the molecule is CCCCCC/C=C\CSC(CCC(=O)OCCCCCCN(CCCCO)CCCCCCOC(=O)CCC(SC/C=C\CCCCCC)SC/C=C\CCCCCC)SC/C=C\CCCCCC. The Kier molecular flexibility index (Phi) is 58.4. The molecule has 0 aromatic carbocycles. The van der Waals surface area contributed by atoms with Gasteiger partial charge in [-0.25, -0.2) is 0 Å². The van der Waals surface area contributed by atoms with E-state index in [0.717, 1.165) is 120 Å². The summed E-state index contributed by atoms with van der Waals surface area (Å²) in [5.41, 5.74) is 0. The molecule has 0 aliphatic heterocycles. The Balaban J connectivity index is 4.48. The second kappa shape index (κ2) is 59.1. The highest BCUT2D eigenvalue weighted by molar-refractivity contribution is 8.17. The number of esters is 2. The minimum absolute atomic E-state index is 0.0517. The molecule has 0 unspecified atom stereocenters. The number of nitrogens with zero attached hydrogens (tertiary/aromatic N) is 1. The Morgan fingerprint density at radius 1 is 0.400 bits per heavy atom. The number of thioether (sulfide) groups is 4. The van der Waals surface area contributed by atoms with Crippen LogP contribution in [0.5, 0.6) is 0 Å². The van der Waals surface area contributed by atoms with Crippen molar-refractivity contribution in [2.45, 2.75) is 255 Å². The third-order valence-electron chi connectivity index (χ3n) is 12.4. The Hall–Kier alpha value is -0.780. The maximum atomic E-state index is 12.7. The van der Waals surface area contributed by atoms with Gasteiger partial charge in [0.2, 0.25) is 0 Å². The zero-order valence-corrected chi connectivity index (χ0v) is 49.3. The van der Waals surface area contributed by atoms with Gasteiger partial charge >= 0.3 is 11.9 Å². The van der Waals surface area contributed by atoms with E-state index in [1.54, 1.807) is 0 Å². The number of allylic oxidation sites excluding steroid dienone is 4. The van der Waals surface area contributed by atoms with Gasteiger partial charge in [-0.3, -0.25) is 9.59 Å². The van der Waals surface area contributed by atoms with Gasteiger partial charge in [0.05, 0.1) is 22.4 Å². The fourth-order valence-electron chi connectivity index (χ4n) is 7.93. The van der Waals surface area contributed by atoms with Gasteiger partial charge in [-0.15, -0.1) is 47.0 Å². The van der Waals surface area contributed by atoms with E-state index >= 15 is 0 Å². The van der Waals surface area contributed by atoms with Crippen molar-refractivity contribution in [3.63, 3.8) is 0 Å². The van der Waals surface area contributed by atoms with Gasteiger partial charge in [-0.05, 0) is 122 Å². The van der Waals surface area contributed by atoms with E-state index in [-0.39, 0.29) is 18.5 Å². The Morgan fingerprint density at radius 2 is 0.700 bits per heavy atom. The van der Waals surface area contributed by atoms with Crippen molar-refractivity contribution in [2.75, 3.05) is 62.5 Å². The lowest BCUT2D eigenvalue weighted by molar-refractivity contribution is -0.144. The van der Waals surface area contributed by atoms with Crippen LogP contribution < -0.4 is 0 Å². The van der Waals surface area contributed by atoms with Crippen molar-refractivity contribution in [3.8, 4) is 0 Å². The number of aliphatic hydroxyl groups excluding tert-OH is 1. The first-order valence-corrected chi connectivity index (χ1v) is 33.4. The number of rotatable bonds is 56. The summed E-state index contributed by atoms with van der Waals surface area (Å²) in [6.07, 6.45) is 57.4. The highest BCUT2D eigenvalue weighted by Crippen LogP contribution is 2.30. The molecule has 0 aliphatic carbocycles. The van der Waals surface area contributed by atoms with Gasteiger partial charge in [0, 0.05) is 42.5 Å². The van der Waals surface area contributed by atoms with Crippen molar-refractivity contribution in [1.29, 1.82) is 0 Å². The van der Waals surface area contributed by atoms with Crippen LogP contribution in [0.1, 0.15) is 246 Å². The lowest BCUT2D eigenvalue weighted by Gasteiger charge is -2.22. The normalized spacial score (nSPS) is 12.2. The minimum atomic E-state index is -0.0517. The van der Waals surface area contributed by atoms with Crippen molar-refractivity contribution >= 4 is 59.0 Å². The van der Waals surface area contributed by atoms with Crippen molar-refractivity contribution in [3.05, 3.63) is 48.6 Å². The Morgan fingerprint density at radius 3 is 1.01 bits per heavy atom. The molecule has 0 radical (unpaired) electrons. The smallest absolute Gasteiger partial charge is 0.305 e. The van der Waals surface area contributed by atoms with E-state index in [1.165, 1.54) is 128 Å². The maximum absolute atomic E-state index is 12.7. The third-order valence-corrected chi connectivity index (χ3v) is 18.0. The molecule has 0 bridgehead atoms. The van der Waals surface area contributed by atoms with Crippen LogP contribution in [0.15, 0.2) is 48.6 Å². The topological polar surface area (TPSA) is 76.1 Å². The van der Waals surface area contributed by atoms with Crippen molar-refractivity contribution in [2.24, 2.45) is 0 Å². The second-order valence-corrected chi connectivity index (χ2v) is 24.6. The summed E-state index contributed by atoms with van der Waals surface area (Å²) in [6, 6.07) is 0. The lowest BCUT2D eigenvalue weighted by Crippen LogP contribution is -2.27. The zero-order chi connectivity index (χ0) is 50.9. The van der Waals surface area contributed by atoms with E-state index in [9.17, 15) is 14.7 Å². The molecule has 1 N–H and O–H groups in total. The fourth-order valence-corrected chi connectivity index (χ4v) is 12.6. The number of unbranched alkanes of at least 4 members (excludes halogenated alkanes) is 23. The average Bonchev–Trinajstić information content (AvgIpc) is 3.36. The fraction of sp³-hybridized carbons (Fsp3) is 0.833. The average molecular weight is 1050 g/mol. The molecule has 0 aliphatic rings. The van der Waals surface area contributed by atoms with Gasteiger partial charge in [0.15, 0.2) is 0 Å². The molecule has 10 heteroatoms. The largest absolute Gasteiger partial charge is 0.466 e. The molecule has 0 rings (SSSR count). The van der Waals surface area contributed by atoms with Crippen LogP contribution in [0.2, 0.25) is 0 Å². The van der Waals surface area contributed by atoms with E-state index in [1.807, 2.05) is 47.0 Å². The van der Waals surface area contributed by atoms with Gasteiger partial charge < -0.3 is 19.5 Å². The number of ether oxygens (including phenoxy) is 2. The Bertz CT molecular complexity index is 1080. The number of hydrogen-bond acceptors (Lipinski definition) is 10. The second-order valence-electron chi connectivity index (χ2n) is 19.1. The summed E-state index contributed by atoms with van der Waals surface area (Å²) in [7, 11) is 0. The number of hydrogen-bond donors (Lipinski definition) is 1. The number of carbonyl (C=O) groups excluding carboxylic acids is 2. The van der Waals surface area contributed by atoms with Crippen LogP contribution in [0.25, 0.3) is 0 Å². The molecule has 410 valence electrons. The van der Waals surface area contributed by atoms with Gasteiger partial charge in [-0.2, -0.15) is 0 Å². The molecule has 0 saturated heterocycles. The van der Waals surface area contributed by atoms with Crippen LogP contribution >= 0.6 is 47.0 Å². The highest BCUT2D eigenvalue weighted by atomic mass is 32.2. The predicted octanol–water partition coefficient (Wildman–Crippen LogP) is 18.5. The summed E-state index contributed by atoms with van der Waals surface area (Å²) < 4.78 is 12.2. The molecule has 0 aromatic rings. The number of aliphatic hydroxyl groups is 1. The summed E-state index contributed by atoms with van der Waals surface area (Å²) >= 11 is 7.88. The van der Waals surface area contributed by atoms with Crippen LogP contribution in [0.4, 0.5) is 0 Å².